The van der Waals surface area contributed by atoms with E-state index in [-0.39, 0.29) is 17.8 Å². The SMILES string of the molecule is NCC1CCCN1C(=O)c1ccc(I)c(F)c1. The van der Waals surface area contributed by atoms with Crippen molar-refractivity contribution in [3.05, 3.63) is 33.1 Å². The van der Waals surface area contributed by atoms with Crippen molar-refractivity contribution in [2.24, 2.45) is 5.73 Å². The van der Waals surface area contributed by atoms with Crippen molar-refractivity contribution in [1.82, 2.24) is 4.90 Å². The van der Waals surface area contributed by atoms with Crippen molar-refractivity contribution in [2.75, 3.05) is 13.1 Å². The molecule has 1 aliphatic heterocycles. The highest BCUT2D eigenvalue weighted by molar-refractivity contribution is 14.1. The average molecular weight is 348 g/mol. The molecule has 1 aromatic carbocycles. The van der Waals surface area contributed by atoms with E-state index in [1.165, 1.54) is 6.07 Å². The number of nitrogens with two attached hydrogens (primary N) is 1. The third kappa shape index (κ3) is 2.60. The maximum Gasteiger partial charge on any atom is 0.254 e. The maximum absolute atomic E-state index is 13.4. The zero-order valence-corrected chi connectivity index (χ0v) is 11.5. The van der Waals surface area contributed by atoms with Gasteiger partial charge in [-0.2, -0.15) is 0 Å². The van der Waals surface area contributed by atoms with E-state index in [9.17, 15) is 9.18 Å². The summed E-state index contributed by atoms with van der Waals surface area (Å²) in [7, 11) is 0. The first kappa shape index (κ1) is 12.8. The summed E-state index contributed by atoms with van der Waals surface area (Å²) in [6.45, 7) is 1.19. The van der Waals surface area contributed by atoms with E-state index in [1.807, 2.05) is 22.6 Å². The normalized spacial score (nSPS) is 19.7. The molecular weight excluding hydrogens is 334 g/mol. The van der Waals surface area contributed by atoms with E-state index in [4.69, 9.17) is 5.73 Å². The first-order valence-corrected chi connectivity index (χ1v) is 6.67. The van der Waals surface area contributed by atoms with E-state index in [0.29, 0.717) is 22.2 Å². The highest BCUT2D eigenvalue weighted by Crippen LogP contribution is 2.20. The predicted octanol–water partition coefficient (Wildman–Crippen LogP) is 1.99. The second-order valence-electron chi connectivity index (χ2n) is 4.16. The molecule has 1 saturated heterocycles. The van der Waals surface area contributed by atoms with Gasteiger partial charge in [0.15, 0.2) is 0 Å². The molecule has 0 saturated carbocycles. The zero-order chi connectivity index (χ0) is 12.4. The second-order valence-corrected chi connectivity index (χ2v) is 5.32. The van der Waals surface area contributed by atoms with Crippen LogP contribution >= 0.6 is 22.6 Å². The van der Waals surface area contributed by atoms with Crippen molar-refractivity contribution in [3.8, 4) is 0 Å². The Balaban J connectivity index is 2.21. The Labute approximate surface area is 113 Å². The summed E-state index contributed by atoms with van der Waals surface area (Å²) in [5, 5.41) is 0. The van der Waals surface area contributed by atoms with Crippen LogP contribution in [0.3, 0.4) is 0 Å². The van der Waals surface area contributed by atoms with Gasteiger partial charge in [0.2, 0.25) is 0 Å². The lowest BCUT2D eigenvalue weighted by atomic mass is 10.1. The molecule has 1 heterocycles. The average Bonchev–Trinajstić information content (AvgIpc) is 2.80. The molecule has 1 fully saturated rings. The molecule has 1 aromatic rings. The number of amides is 1. The zero-order valence-electron chi connectivity index (χ0n) is 9.33. The standard InChI is InChI=1S/C12H14FIN2O/c13-10-6-8(3-4-11(10)14)12(17)16-5-1-2-9(16)7-15/h3-4,6,9H,1-2,5,7,15H2. The number of halogens is 2. The quantitative estimate of drug-likeness (QED) is 0.831. The fourth-order valence-electron chi connectivity index (χ4n) is 2.14. The summed E-state index contributed by atoms with van der Waals surface area (Å²) in [6, 6.07) is 4.69. The molecule has 1 aliphatic rings. The number of carbonyl (C=O) groups is 1. The number of likely N-dealkylation sites (tertiary alicyclic amines) is 1. The van der Waals surface area contributed by atoms with Gasteiger partial charge in [-0.05, 0) is 53.6 Å². The summed E-state index contributed by atoms with van der Waals surface area (Å²) in [6.07, 6.45) is 1.91. The van der Waals surface area contributed by atoms with Crippen LogP contribution in [0.5, 0.6) is 0 Å². The third-order valence-corrected chi connectivity index (χ3v) is 3.95. The minimum atomic E-state index is -0.347. The van der Waals surface area contributed by atoms with Crippen molar-refractivity contribution in [2.45, 2.75) is 18.9 Å². The molecule has 3 nitrogen and oxygen atoms in total. The van der Waals surface area contributed by atoms with Crippen molar-refractivity contribution >= 4 is 28.5 Å². The Morgan fingerprint density at radius 3 is 3.00 bits per heavy atom. The van der Waals surface area contributed by atoms with Crippen LogP contribution in [0.4, 0.5) is 4.39 Å². The van der Waals surface area contributed by atoms with Gasteiger partial charge < -0.3 is 10.6 Å². The molecule has 1 unspecified atom stereocenters. The minimum Gasteiger partial charge on any atom is -0.334 e. The van der Waals surface area contributed by atoms with Gasteiger partial charge in [0.05, 0.1) is 0 Å². The van der Waals surface area contributed by atoms with Gasteiger partial charge in [0.1, 0.15) is 5.82 Å². The van der Waals surface area contributed by atoms with E-state index in [1.54, 1.807) is 17.0 Å². The fraction of sp³-hybridized carbons (Fsp3) is 0.417. The summed E-state index contributed by atoms with van der Waals surface area (Å²) in [5.74, 6) is -0.465. The molecule has 5 heteroatoms. The van der Waals surface area contributed by atoms with Gasteiger partial charge in [0, 0.05) is 28.3 Å². The Morgan fingerprint density at radius 2 is 2.35 bits per heavy atom. The van der Waals surface area contributed by atoms with Crippen LogP contribution < -0.4 is 5.73 Å². The topological polar surface area (TPSA) is 46.3 Å². The van der Waals surface area contributed by atoms with Gasteiger partial charge in [-0.3, -0.25) is 4.79 Å². The lowest BCUT2D eigenvalue weighted by Crippen LogP contribution is -2.39. The van der Waals surface area contributed by atoms with Gasteiger partial charge in [-0.25, -0.2) is 4.39 Å². The Kier molecular flexibility index (Phi) is 3.98. The van der Waals surface area contributed by atoms with Crippen LogP contribution in [0.15, 0.2) is 18.2 Å². The predicted molar refractivity (Wildman–Crippen MR) is 72.2 cm³/mol. The third-order valence-electron chi connectivity index (χ3n) is 3.08. The number of rotatable bonds is 2. The Hall–Kier alpha value is -0.690. The van der Waals surface area contributed by atoms with Crippen molar-refractivity contribution < 1.29 is 9.18 Å². The first-order chi connectivity index (χ1) is 8.13. The number of benzene rings is 1. The van der Waals surface area contributed by atoms with E-state index < -0.39 is 0 Å². The van der Waals surface area contributed by atoms with Gasteiger partial charge in [-0.1, -0.05) is 0 Å². The molecular formula is C12H14FIN2O. The maximum atomic E-state index is 13.4. The molecule has 0 radical (unpaired) electrons. The van der Waals surface area contributed by atoms with E-state index >= 15 is 0 Å². The summed E-state index contributed by atoms with van der Waals surface area (Å²) >= 11 is 1.90. The number of hydrogen-bond acceptors (Lipinski definition) is 2. The van der Waals surface area contributed by atoms with Gasteiger partial charge in [0.25, 0.3) is 5.91 Å². The molecule has 0 spiro atoms. The molecule has 92 valence electrons. The fourth-order valence-corrected chi connectivity index (χ4v) is 2.48. The Bertz CT molecular complexity index is 439. The van der Waals surface area contributed by atoms with E-state index in [0.717, 1.165) is 12.8 Å². The lowest BCUT2D eigenvalue weighted by molar-refractivity contribution is 0.0740. The van der Waals surface area contributed by atoms with Crippen LogP contribution in [0, 0.1) is 9.39 Å². The highest BCUT2D eigenvalue weighted by atomic mass is 127. The molecule has 0 bridgehead atoms. The van der Waals surface area contributed by atoms with Crippen LogP contribution in [0.2, 0.25) is 0 Å². The van der Waals surface area contributed by atoms with Gasteiger partial charge in [-0.15, -0.1) is 0 Å². The number of nitrogens with zero attached hydrogens (tertiary/aromatic N) is 1. The molecule has 17 heavy (non-hydrogen) atoms. The lowest BCUT2D eigenvalue weighted by Gasteiger charge is -2.23. The van der Waals surface area contributed by atoms with E-state index in [2.05, 4.69) is 0 Å². The van der Waals surface area contributed by atoms with Crippen molar-refractivity contribution in [3.63, 3.8) is 0 Å². The van der Waals surface area contributed by atoms with Crippen LogP contribution in [-0.2, 0) is 0 Å². The van der Waals surface area contributed by atoms with Crippen LogP contribution in [0.25, 0.3) is 0 Å². The molecule has 1 atom stereocenters. The first-order valence-electron chi connectivity index (χ1n) is 5.59. The Morgan fingerprint density at radius 1 is 1.59 bits per heavy atom. The summed E-state index contributed by atoms with van der Waals surface area (Å²) in [5.41, 5.74) is 6.03. The van der Waals surface area contributed by atoms with Crippen molar-refractivity contribution in [1.29, 1.82) is 0 Å². The molecule has 1 amide bonds. The van der Waals surface area contributed by atoms with Gasteiger partial charge >= 0.3 is 0 Å². The summed E-state index contributed by atoms with van der Waals surface area (Å²) in [4.78, 5) is 13.9. The number of carbonyl (C=O) groups excluding carboxylic acids is 1. The largest absolute Gasteiger partial charge is 0.334 e. The molecule has 0 aromatic heterocycles. The second kappa shape index (κ2) is 5.30. The summed E-state index contributed by atoms with van der Waals surface area (Å²) < 4.78 is 13.9. The molecule has 2 rings (SSSR count). The monoisotopic (exact) mass is 348 g/mol. The van der Waals surface area contributed by atoms with Crippen LogP contribution in [0.1, 0.15) is 23.2 Å². The van der Waals surface area contributed by atoms with Crippen LogP contribution in [-0.4, -0.2) is 29.9 Å². The minimum absolute atomic E-state index is 0.102. The highest BCUT2D eigenvalue weighted by Gasteiger charge is 2.28. The number of hydrogen-bond donors (Lipinski definition) is 1. The molecule has 2 N–H and O–H groups in total. The smallest absolute Gasteiger partial charge is 0.254 e. The molecule has 0 aliphatic carbocycles.